The van der Waals surface area contributed by atoms with Crippen molar-refractivity contribution in [3.8, 4) is 11.4 Å². The van der Waals surface area contributed by atoms with Gasteiger partial charge in [0.1, 0.15) is 12.4 Å². The molecule has 3 aromatic carbocycles. The standard InChI is InChI=1S/C24H20N4O2/c1-3-30-23(29)14-28-22-13-20-19(25-17-6-4-5-7-18(17)26-20)12-21(22)27-24(28)16-10-8-15(2)9-11-16/h4-13H,3,14H2,1-2H3. The summed E-state index contributed by atoms with van der Waals surface area (Å²) < 4.78 is 7.10. The first kappa shape index (κ1) is 18.2. The number of esters is 1. The molecule has 0 saturated heterocycles. The number of aromatic nitrogens is 4. The lowest BCUT2D eigenvalue weighted by Crippen LogP contribution is -2.14. The van der Waals surface area contributed by atoms with E-state index < -0.39 is 0 Å². The zero-order valence-corrected chi connectivity index (χ0v) is 16.8. The van der Waals surface area contributed by atoms with Crippen molar-refractivity contribution < 1.29 is 9.53 Å². The van der Waals surface area contributed by atoms with Crippen molar-refractivity contribution in [2.75, 3.05) is 6.61 Å². The molecule has 0 unspecified atom stereocenters. The molecule has 30 heavy (non-hydrogen) atoms. The van der Waals surface area contributed by atoms with Gasteiger partial charge in [0.2, 0.25) is 0 Å². The Morgan fingerprint density at radius 3 is 2.20 bits per heavy atom. The highest BCUT2D eigenvalue weighted by molar-refractivity contribution is 5.96. The second-order valence-corrected chi connectivity index (χ2v) is 7.23. The van der Waals surface area contributed by atoms with E-state index in [1.54, 1.807) is 6.92 Å². The van der Waals surface area contributed by atoms with Crippen molar-refractivity contribution >= 4 is 39.1 Å². The van der Waals surface area contributed by atoms with Crippen LogP contribution in [0.1, 0.15) is 12.5 Å². The lowest BCUT2D eigenvalue weighted by atomic mass is 10.1. The van der Waals surface area contributed by atoms with E-state index in [1.165, 1.54) is 0 Å². The SMILES string of the molecule is CCOC(=O)Cn1c(-c2ccc(C)cc2)nc2cc3nc4ccccc4nc3cc21. The van der Waals surface area contributed by atoms with Gasteiger partial charge in [-0.1, -0.05) is 42.0 Å². The Morgan fingerprint density at radius 1 is 0.867 bits per heavy atom. The summed E-state index contributed by atoms with van der Waals surface area (Å²) in [6, 6.07) is 19.8. The van der Waals surface area contributed by atoms with Gasteiger partial charge < -0.3 is 9.30 Å². The fraction of sp³-hybridized carbons (Fsp3) is 0.167. The molecule has 6 nitrogen and oxygen atoms in total. The minimum Gasteiger partial charge on any atom is -0.465 e. The monoisotopic (exact) mass is 396 g/mol. The quantitative estimate of drug-likeness (QED) is 0.326. The molecule has 0 bridgehead atoms. The molecule has 2 aromatic heterocycles. The summed E-state index contributed by atoms with van der Waals surface area (Å²) >= 11 is 0. The third-order valence-electron chi connectivity index (χ3n) is 5.11. The summed E-state index contributed by atoms with van der Waals surface area (Å²) in [5.41, 5.74) is 6.92. The number of carbonyl (C=O) groups excluding carboxylic acids is 1. The zero-order chi connectivity index (χ0) is 20.7. The topological polar surface area (TPSA) is 69.9 Å². The Morgan fingerprint density at radius 2 is 1.53 bits per heavy atom. The second kappa shape index (κ2) is 7.22. The highest BCUT2D eigenvalue weighted by atomic mass is 16.5. The van der Waals surface area contributed by atoms with Gasteiger partial charge in [0, 0.05) is 5.56 Å². The fourth-order valence-electron chi connectivity index (χ4n) is 3.66. The first-order valence-electron chi connectivity index (χ1n) is 9.92. The predicted molar refractivity (Wildman–Crippen MR) is 117 cm³/mol. The van der Waals surface area contributed by atoms with E-state index in [4.69, 9.17) is 19.7 Å². The molecule has 0 aliphatic heterocycles. The van der Waals surface area contributed by atoms with E-state index >= 15 is 0 Å². The molecular formula is C24H20N4O2. The Labute approximate surface area is 173 Å². The van der Waals surface area contributed by atoms with Gasteiger partial charge in [-0.25, -0.2) is 15.0 Å². The van der Waals surface area contributed by atoms with Gasteiger partial charge in [-0.05, 0) is 38.1 Å². The molecular weight excluding hydrogens is 376 g/mol. The number of para-hydroxylation sites is 2. The molecule has 0 radical (unpaired) electrons. The van der Waals surface area contributed by atoms with E-state index in [2.05, 4.69) is 0 Å². The third kappa shape index (κ3) is 3.16. The van der Waals surface area contributed by atoms with Crippen LogP contribution in [0.3, 0.4) is 0 Å². The van der Waals surface area contributed by atoms with Gasteiger partial charge in [-0.2, -0.15) is 0 Å². The van der Waals surface area contributed by atoms with Crippen molar-refractivity contribution in [1.82, 2.24) is 19.5 Å². The molecule has 5 rings (SSSR count). The molecule has 2 heterocycles. The highest BCUT2D eigenvalue weighted by Crippen LogP contribution is 2.28. The molecule has 0 N–H and O–H groups in total. The molecule has 0 atom stereocenters. The van der Waals surface area contributed by atoms with Gasteiger partial charge >= 0.3 is 5.97 Å². The smallest absolute Gasteiger partial charge is 0.326 e. The largest absolute Gasteiger partial charge is 0.465 e. The van der Waals surface area contributed by atoms with Crippen molar-refractivity contribution in [2.24, 2.45) is 0 Å². The van der Waals surface area contributed by atoms with E-state index in [-0.39, 0.29) is 12.5 Å². The molecule has 5 aromatic rings. The molecule has 0 fully saturated rings. The van der Waals surface area contributed by atoms with E-state index in [9.17, 15) is 4.79 Å². The Balaban J connectivity index is 1.76. The van der Waals surface area contributed by atoms with Crippen LogP contribution in [0.5, 0.6) is 0 Å². The minimum absolute atomic E-state index is 0.0834. The Bertz CT molecular complexity index is 1400. The molecule has 6 heteroatoms. The summed E-state index contributed by atoms with van der Waals surface area (Å²) in [5, 5.41) is 0. The van der Waals surface area contributed by atoms with Crippen LogP contribution in [-0.4, -0.2) is 32.1 Å². The highest BCUT2D eigenvalue weighted by Gasteiger charge is 2.17. The molecule has 0 amide bonds. The third-order valence-corrected chi connectivity index (χ3v) is 5.11. The first-order chi connectivity index (χ1) is 14.6. The van der Waals surface area contributed by atoms with Crippen molar-refractivity contribution in [1.29, 1.82) is 0 Å². The maximum atomic E-state index is 12.3. The zero-order valence-electron chi connectivity index (χ0n) is 16.8. The number of rotatable bonds is 4. The fourth-order valence-corrected chi connectivity index (χ4v) is 3.66. The van der Waals surface area contributed by atoms with Gasteiger partial charge in [-0.3, -0.25) is 4.79 Å². The minimum atomic E-state index is -0.296. The van der Waals surface area contributed by atoms with Gasteiger partial charge in [-0.15, -0.1) is 0 Å². The molecule has 148 valence electrons. The van der Waals surface area contributed by atoms with E-state index in [1.807, 2.05) is 72.2 Å². The average molecular weight is 396 g/mol. The van der Waals surface area contributed by atoms with Crippen molar-refractivity contribution in [3.05, 3.63) is 66.2 Å². The number of ether oxygens (including phenoxy) is 1. The number of hydrogen-bond donors (Lipinski definition) is 0. The Hall–Kier alpha value is -3.80. The first-order valence-corrected chi connectivity index (χ1v) is 9.92. The van der Waals surface area contributed by atoms with Crippen molar-refractivity contribution in [2.45, 2.75) is 20.4 Å². The lowest BCUT2D eigenvalue weighted by Gasteiger charge is -2.09. The summed E-state index contributed by atoms with van der Waals surface area (Å²) in [5.74, 6) is 0.424. The number of benzene rings is 3. The normalized spacial score (nSPS) is 11.4. The molecule has 0 spiro atoms. The molecule has 0 aliphatic carbocycles. The van der Waals surface area contributed by atoms with Crippen LogP contribution in [0.4, 0.5) is 0 Å². The van der Waals surface area contributed by atoms with Crippen LogP contribution >= 0.6 is 0 Å². The predicted octanol–water partition coefficient (Wildman–Crippen LogP) is 4.67. The maximum Gasteiger partial charge on any atom is 0.326 e. The van der Waals surface area contributed by atoms with Crippen LogP contribution in [0, 0.1) is 6.92 Å². The Kier molecular flexibility index (Phi) is 4.39. The number of aryl methyl sites for hydroxylation is 1. The number of nitrogens with zero attached hydrogens (tertiary/aromatic N) is 4. The lowest BCUT2D eigenvalue weighted by molar-refractivity contribution is -0.143. The molecule has 0 aliphatic rings. The second-order valence-electron chi connectivity index (χ2n) is 7.23. The van der Waals surface area contributed by atoms with Gasteiger partial charge in [0.05, 0.1) is 39.7 Å². The van der Waals surface area contributed by atoms with Crippen LogP contribution in [0.25, 0.3) is 44.5 Å². The summed E-state index contributed by atoms with van der Waals surface area (Å²) in [4.78, 5) is 26.7. The van der Waals surface area contributed by atoms with Crippen LogP contribution < -0.4 is 0 Å². The summed E-state index contributed by atoms with van der Waals surface area (Å²) in [7, 11) is 0. The summed E-state index contributed by atoms with van der Waals surface area (Å²) in [6.45, 7) is 4.27. The average Bonchev–Trinajstić information content (AvgIpc) is 3.08. The van der Waals surface area contributed by atoms with Crippen LogP contribution in [0.2, 0.25) is 0 Å². The van der Waals surface area contributed by atoms with Crippen LogP contribution in [-0.2, 0) is 16.1 Å². The van der Waals surface area contributed by atoms with E-state index in [0.29, 0.717) is 6.61 Å². The number of imidazole rings is 1. The summed E-state index contributed by atoms with van der Waals surface area (Å²) in [6.07, 6.45) is 0. The molecule has 0 saturated carbocycles. The number of carbonyl (C=O) groups is 1. The van der Waals surface area contributed by atoms with Crippen LogP contribution in [0.15, 0.2) is 60.7 Å². The van der Waals surface area contributed by atoms with E-state index in [0.717, 1.165) is 50.1 Å². The van der Waals surface area contributed by atoms with Gasteiger partial charge in [0.25, 0.3) is 0 Å². The maximum absolute atomic E-state index is 12.3. The van der Waals surface area contributed by atoms with Crippen molar-refractivity contribution in [3.63, 3.8) is 0 Å². The number of fused-ring (bicyclic) bond motifs is 3. The number of hydrogen-bond acceptors (Lipinski definition) is 5. The van der Waals surface area contributed by atoms with Gasteiger partial charge in [0.15, 0.2) is 0 Å².